The topological polar surface area (TPSA) is 66.9 Å². The normalized spacial score (nSPS) is 18.4. The first-order valence-electron chi connectivity index (χ1n) is 8.97. The molecule has 0 aromatic heterocycles. The zero-order valence-corrected chi connectivity index (χ0v) is 16.7. The van der Waals surface area contributed by atoms with E-state index in [0.29, 0.717) is 29.6 Å². The molecule has 0 unspecified atom stereocenters. The molecular formula is C19H17ClF2N2O4S. The van der Waals surface area contributed by atoms with Crippen molar-refractivity contribution in [3.8, 4) is 0 Å². The second kappa shape index (κ2) is 7.55. The molecule has 2 aliphatic heterocycles. The van der Waals surface area contributed by atoms with Crippen LogP contribution in [0.4, 0.5) is 19.3 Å². The fourth-order valence-corrected chi connectivity index (χ4v) is 5.43. The standard InChI is InChI=1S/C19H17ClF2N2O4S/c20-13-1-3-17-12(9-13)11-28-19(25)24(17)15-5-7-23(8-6-15)29(26,27)18-4-2-14(21)10-16(18)22/h1-4,9-10,15H,5-8,11H2. The fraction of sp³-hybridized carbons (Fsp3) is 0.316. The van der Waals surface area contributed by atoms with Crippen LogP contribution >= 0.6 is 11.6 Å². The highest BCUT2D eigenvalue weighted by Crippen LogP contribution is 2.34. The van der Waals surface area contributed by atoms with E-state index in [4.69, 9.17) is 16.3 Å². The summed E-state index contributed by atoms with van der Waals surface area (Å²) in [5.41, 5.74) is 1.47. The molecule has 154 valence electrons. The minimum atomic E-state index is -4.10. The van der Waals surface area contributed by atoms with Crippen molar-refractivity contribution in [3.05, 3.63) is 58.6 Å². The molecule has 2 aromatic rings. The Labute approximate surface area is 171 Å². The Hall–Kier alpha value is -2.23. The van der Waals surface area contributed by atoms with Crippen molar-refractivity contribution >= 4 is 33.4 Å². The summed E-state index contributed by atoms with van der Waals surface area (Å²) in [5.74, 6) is -1.97. The molecule has 2 heterocycles. The third kappa shape index (κ3) is 3.70. The average molecular weight is 443 g/mol. The molecule has 1 amide bonds. The molecule has 0 spiro atoms. The van der Waals surface area contributed by atoms with Gasteiger partial charge >= 0.3 is 6.09 Å². The molecule has 6 nitrogen and oxygen atoms in total. The lowest BCUT2D eigenvalue weighted by molar-refractivity contribution is 0.136. The highest BCUT2D eigenvalue weighted by Gasteiger charge is 2.37. The predicted molar refractivity (Wildman–Crippen MR) is 102 cm³/mol. The quantitative estimate of drug-likeness (QED) is 0.722. The van der Waals surface area contributed by atoms with Gasteiger partial charge in [-0.25, -0.2) is 22.0 Å². The number of amides is 1. The molecule has 0 radical (unpaired) electrons. The van der Waals surface area contributed by atoms with E-state index in [2.05, 4.69) is 0 Å². The second-order valence-corrected chi connectivity index (χ2v) is 9.25. The number of benzene rings is 2. The molecule has 4 rings (SSSR count). The maximum Gasteiger partial charge on any atom is 0.414 e. The summed E-state index contributed by atoms with van der Waals surface area (Å²) in [6.45, 7) is 0.315. The SMILES string of the molecule is O=C1OCc2cc(Cl)ccc2N1C1CCN(S(=O)(=O)c2ccc(F)cc2F)CC1. The number of nitrogens with zero attached hydrogens (tertiary/aromatic N) is 2. The number of cyclic esters (lactones) is 1. The summed E-state index contributed by atoms with van der Waals surface area (Å²) in [6.07, 6.45) is 0.198. The molecule has 1 saturated heterocycles. The van der Waals surface area contributed by atoms with Gasteiger partial charge in [-0.15, -0.1) is 0 Å². The van der Waals surface area contributed by atoms with E-state index in [1.165, 1.54) is 4.90 Å². The van der Waals surface area contributed by atoms with Gasteiger partial charge in [0.25, 0.3) is 0 Å². The molecule has 0 N–H and O–H groups in total. The molecule has 2 aliphatic rings. The molecule has 0 bridgehead atoms. The number of fused-ring (bicyclic) bond motifs is 1. The predicted octanol–water partition coefficient (Wildman–Crippen LogP) is 3.93. The molecule has 0 atom stereocenters. The summed E-state index contributed by atoms with van der Waals surface area (Å²) in [4.78, 5) is 13.3. The van der Waals surface area contributed by atoms with Crippen LogP contribution in [0.2, 0.25) is 5.02 Å². The monoisotopic (exact) mass is 442 g/mol. The van der Waals surface area contributed by atoms with Gasteiger partial charge in [-0.05, 0) is 43.2 Å². The lowest BCUT2D eigenvalue weighted by Crippen LogP contribution is -2.50. The maximum absolute atomic E-state index is 14.0. The van der Waals surface area contributed by atoms with Crippen LogP contribution in [0.25, 0.3) is 0 Å². The summed E-state index contributed by atoms with van der Waals surface area (Å²) in [5, 5.41) is 0.531. The Morgan fingerprint density at radius 3 is 2.48 bits per heavy atom. The number of rotatable bonds is 3. The van der Waals surface area contributed by atoms with Crippen LogP contribution in [-0.2, 0) is 21.4 Å². The Morgan fingerprint density at radius 2 is 1.79 bits per heavy atom. The fourth-order valence-electron chi connectivity index (χ4n) is 3.72. The van der Waals surface area contributed by atoms with Crippen molar-refractivity contribution in [1.82, 2.24) is 4.31 Å². The summed E-state index contributed by atoms with van der Waals surface area (Å²) < 4.78 is 59.0. The third-order valence-corrected chi connectivity index (χ3v) is 7.32. The number of hydrogen-bond acceptors (Lipinski definition) is 4. The number of anilines is 1. The lowest BCUT2D eigenvalue weighted by Gasteiger charge is -2.39. The minimum absolute atomic E-state index is 0.0938. The molecule has 1 fully saturated rings. The van der Waals surface area contributed by atoms with Crippen molar-refractivity contribution in [2.45, 2.75) is 30.4 Å². The Balaban J connectivity index is 1.53. The first-order chi connectivity index (χ1) is 13.8. The minimum Gasteiger partial charge on any atom is -0.444 e. The van der Waals surface area contributed by atoms with Crippen molar-refractivity contribution < 1.29 is 26.7 Å². The van der Waals surface area contributed by atoms with E-state index < -0.39 is 32.6 Å². The smallest absolute Gasteiger partial charge is 0.414 e. The van der Waals surface area contributed by atoms with Crippen LogP contribution in [0.15, 0.2) is 41.3 Å². The third-order valence-electron chi connectivity index (χ3n) is 5.15. The molecule has 0 aliphatic carbocycles. The van der Waals surface area contributed by atoms with Gasteiger partial charge in [-0.2, -0.15) is 4.31 Å². The maximum atomic E-state index is 14.0. The average Bonchev–Trinajstić information content (AvgIpc) is 2.68. The van der Waals surface area contributed by atoms with E-state index in [1.54, 1.807) is 18.2 Å². The van der Waals surface area contributed by atoms with E-state index in [1.807, 2.05) is 0 Å². The Kier molecular flexibility index (Phi) is 5.22. The van der Waals surface area contributed by atoms with Crippen LogP contribution in [0.5, 0.6) is 0 Å². The summed E-state index contributed by atoms with van der Waals surface area (Å²) in [6, 6.07) is 7.27. The first-order valence-corrected chi connectivity index (χ1v) is 10.8. The number of carbonyl (C=O) groups is 1. The van der Waals surface area contributed by atoms with Gasteiger partial charge in [0.1, 0.15) is 23.1 Å². The van der Waals surface area contributed by atoms with Crippen molar-refractivity contribution in [3.63, 3.8) is 0 Å². The lowest BCUT2D eigenvalue weighted by atomic mass is 10.0. The Bertz CT molecular complexity index is 1070. The van der Waals surface area contributed by atoms with Gasteiger partial charge in [0.15, 0.2) is 0 Å². The number of halogens is 3. The molecule has 2 aromatic carbocycles. The van der Waals surface area contributed by atoms with Crippen LogP contribution < -0.4 is 4.90 Å². The van der Waals surface area contributed by atoms with Gasteiger partial charge < -0.3 is 4.74 Å². The van der Waals surface area contributed by atoms with Crippen molar-refractivity contribution in [2.75, 3.05) is 18.0 Å². The number of hydrogen-bond donors (Lipinski definition) is 0. The van der Waals surface area contributed by atoms with Gasteiger partial charge in [0.05, 0.1) is 5.69 Å². The summed E-state index contributed by atoms with van der Waals surface area (Å²) in [7, 11) is -4.10. The molecule has 29 heavy (non-hydrogen) atoms. The van der Waals surface area contributed by atoms with Gasteiger partial charge in [-0.3, -0.25) is 4.90 Å². The zero-order valence-electron chi connectivity index (χ0n) is 15.1. The molecule has 0 saturated carbocycles. The number of ether oxygens (including phenoxy) is 1. The van der Waals surface area contributed by atoms with Crippen LogP contribution in [-0.4, -0.2) is 37.9 Å². The van der Waals surface area contributed by atoms with Gasteiger partial charge in [-0.1, -0.05) is 11.6 Å². The highest BCUT2D eigenvalue weighted by molar-refractivity contribution is 7.89. The van der Waals surface area contributed by atoms with Crippen LogP contribution in [0.1, 0.15) is 18.4 Å². The number of carbonyl (C=O) groups excluding carboxylic acids is 1. The number of piperidine rings is 1. The first kappa shape index (κ1) is 20.1. The van der Waals surface area contributed by atoms with Gasteiger partial charge in [0, 0.05) is 35.8 Å². The van der Waals surface area contributed by atoms with Crippen LogP contribution in [0, 0.1) is 11.6 Å². The molecule has 10 heteroatoms. The van der Waals surface area contributed by atoms with E-state index in [-0.39, 0.29) is 25.7 Å². The van der Waals surface area contributed by atoms with Crippen molar-refractivity contribution in [2.24, 2.45) is 0 Å². The van der Waals surface area contributed by atoms with Crippen molar-refractivity contribution in [1.29, 1.82) is 0 Å². The zero-order chi connectivity index (χ0) is 20.8. The Morgan fingerprint density at radius 1 is 1.07 bits per heavy atom. The highest BCUT2D eigenvalue weighted by atomic mass is 35.5. The van der Waals surface area contributed by atoms with Crippen LogP contribution in [0.3, 0.4) is 0 Å². The summed E-state index contributed by atoms with van der Waals surface area (Å²) >= 11 is 6.01. The van der Waals surface area contributed by atoms with Gasteiger partial charge in [0.2, 0.25) is 10.0 Å². The largest absolute Gasteiger partial charge is 0.444 e. The second-order valence-electron chi connectivity index (χ2n) is 6.91. The van der Waals surface area contributed by atoms with E-state index in [0.717, 1.165) is 22.0 Å². The van der Waals surface area contributed by atoms with E-state index in [9.17, 15) is 22.0 Å². The number of sulfonamides is 1. The van der Waals surface area contributed by atoms with E-state index >= 15 is 0 Å². The molecular weight excluding hydrogens is 426 g/mol.